The second-order valence-corrected chi connectivity index (χ2v) is 6.01. The van der Waals surface area contributed by atoms with Crippen molar-refractivity contribution in [3.63, 3.8) is 0 Å². The van der Waals surface area contributed by atoms with Crippen LogP contribution in [-0.4, -0.2) is 24.5 Å². The standard InChI is InChI=1S/C15H22F3N3O2/c1-10(2)8-14(3,9-19)21-13(22)20-11-4-6-12(7-5-11)23-15(16,17)18/h4-7,10H,8-9,19H2,1-3H3,(H2,20,21,22). The van der Waals surface area contributed by atoms with Crippen LogP contribution in [0.15, 0.2) is 24.3 Å². The highest BCUT2D eigenvalue weighted by Crippen LogP contribution is 2.24. The van der Waals surface area contributed by atoms with Crippen LogP contribution >= 0.6 is 0 Å². The molecule has 1 aromatic rings. The molecule has 0 aliphatic heterocycles. The van der Waals surface area contributed by atoms with Crippen LogP contribution in [0.2, 0.25) is 0 Å². The van der Waals surface area contributed by atoms with Gasteiger partial charge in [-0.3, -0.25) is 0 Å². The number of ether oxygens (including phenoxy) is 1. The van der Waals surface area contributed by atoms with Crippen molar-refractivity contribution in [2.45, 2.75) is 39.1 Å². The molecule has 0 radical (unpaired) electrons. The zero-order valence-electron chi connectivity index (χ0n) is 13.3. The number of amides is 2. The van der Waals surface area contributed by atoms with Gasteiger partial charge in [-0.15, -0.1) is 13.2 Å². The summed E-state index contributed by atoms with van der Waals surface area (Å²) in [6, 6.07) is 4.42. The van der Waals surface area contributed by atoms with Gasteiger partial charge in [0, 0.05) is 12.2 Å². The van der Waals surface area contributed by atoms with Gasteiger partial charge < -0.3 is 21.1 Å². The lowest BCUT2D eigenvalue weighted by atomic mass is 9.91. The lowest BCUT2D eigenvalue weighted by Crippen LogP contribution is -2.53. The maximum atomic E-state index is 12.1. The fourth-order valence-corrected chi connectivity index (χ4v) is 2.26. The number of halogens is 3. The SMILES string of the molecule is CC(C)CC(C)(CN)NC(=O)Nc1ccc(OC(F)(F)F)cc1. The van der Waals surface area contributed by atoms with E-state index in [0.29, 0.717) is 18.0 Å². The Labute approximate surface area is 133 Å². The first-order valence-corrected chi connectivity index (χ1v) is 7.18. The summed E-state index contributed by atoms with van der Waals surface area (Å²) in [5.74, 6) is -0.00212. The quantitative estimate of drug-likeness (QED) is 0.746. The number of benzene rings is 1. The van der Waals surface area contributed by atoms with Crippen molar-refractivity contribution < 1.29 is 22.7 Å². The molecule has 0 saturated carbocycles. The minimum absolute atomic E-state index is 0.275. The lowest BCUT2D eigenvalue weighted by Gasteiger charge is -2.31. The van der Waals surface area contributed by atoms with Crippen molar-refractivity contribution in [2.75, 3.05) is 11.9 Å². The molecule has 130 valence electrons. The molecule has 1 atom stereocenters. The smallest absolute Gasteiger partial charge is 0.406 e. The van der Waals surface area contributed by atoms with E-state index in [2.05, 4.69) is 15.4 Å². The number of hydrogen-bond acceptors (Lipinski definition) is 3. The molecule has 1 rings (SSSR count). The van der Waals surface area contributed by atoms with Crippen molar-refractivity contribution in [1.29, 1.82) is 0 Å². The first-order chi connectivity index (χ1) is 10.5. The largest absolute Gasteiger partial charge is 0.573 e. The Bertz CT molecular complexity index is 518. The number of carbonyl (C=O) groups is 1. The molecule has 0 saturated heterocycles. The fraction of sp³-hybridized carbons (Fsp3) is 0.533. The van der Waals surface area contributed by atoms with E-state index in [-0.39, 0.29) is 12.3 Å². The second-order valence-electron chi connectivity index (χ2n) is 6.01. The fourth-order valence-electron chi connectivity index (χ4n) is 2.26. The summed E-state index contributed by atoms with van der Waals surface area (Å²) in [5.41, 5.74) is 5.50. The monoisotopic (exact) mass is 333 g/mol. The van der Waals surface area contributed by atoms with Gasteiger partial charge in [0.2, 0.25) is 0 Å². The summed E-state index contributed by atoms with van der Waals surface area (Å²) in [4.78, 5) is 12.0. The summed E-state index contributed by atoms with van der Waals surface area (Å²) in [6.07, 6.45) is -4.04. The van der Waals surface area contributed by atoms with E-state index in [0.717, 1.165) is 12.1 Å². The van der Waals surface area contributed by atoms with Gasteiger partial charge >= 0.3 is 12.4 Å². The van der Waals surface area contributed by atoms with Gasteiger partial charge in [0.15, 0.2) is 0 Å². The molecular formula is C15H22F3N3O2. The minimum atomic E-state index is -4.74. The number of carbonyl (C=O) groups excluding carboxylic acids is 1. The van der Waals surface area contributed by atoms with Gasteiger partial charge in [-0.2, -0.15) is 0 Å². The van der Waals surface area contributed by atoms with E-state index in [1.807, 2.05) is 20.8 Å². The summed E-state index contributed by atoms with van der Waals surface area (Å²) in [7, 11) is 0. The van der Waals surface area contributed by atoms with Crippen molar-refractivity contribution in [3.05, 3.63) is 24.3 Å². The Morgan fingerprint density at radius 3 is 2.26 bits per heavy atom. The molecule has 1 aromatic carbocycles. The van der Waals surface area contributed by atoms with Crippen molar-refractivity contribution >= 4 is 11.7 Å². The maximum absolute atomic E-state index is 12.1. The summed E-state index contributed by atoms with van der Waals surface area (Å²) in [5, 5.41) is 5.34. The molecule has 0 aliphatic rings. The number of alkyl halides is 3. The molecular weight excluding hydrogens is 311 g/mol. The molecule has 23 heavy (non-hydrogen) atoms. The number of rotatable bonds is 6. The Morgan fingerprint density at radius 2 is 1.83 bits per heavy atom. The average Bonchev–Trinajstić information content (AvgIpc) is 2.38. The molecule has 5 nitrogen and oxygen atoms in total. The number of nitrogens with two attached hydrogens (primary N) is 1. The lowest BCUT2D eigenvalue weighted by molar-refractivity contribution is -0.274. The molecule has 0 bridgehead atoms. The second kappa shape index (κ2) is 7.54. The van der Waals surface area contributed by atoms with Crippen LogP contribution in [0.1, 0.15) is 27.2 Å². The van der Waals surface area contributed by atoms with E-state index >= 15 is 0 Å². The zero-order valence-corrected chi connectivity index (χ0v) is 13.3. The maximum Gasteiger partial charge on any atom is 0.573 e. The normalized spacial score (nSPS) is 14.3. The van der Waals surface area contributed by atoms with Crippen LogP contribution in [0, 0.1) is 5.92 Å². The van der Waals surface area contributed by atoms with Gasteiger partial charge in [0.1, 0.15) is 5.75 Å². The van der Waals surface area contributed by atoms with Gasteiger partial charge in [0.05, 0.1) is 5.54 Å². The predicted octanol–water partition coefficient (Wildman–Crippen LogP) is 3.47. The van der Waals surface area contributed by atoms with E-state index in [9.17, 15) is 18.0 Å². The molecule has 8 heteroatoms. The Morgan fingerprint density at radius 1 is 1.26 bits per heavy atom. The third kappa shape index (κ3) is 7.23. The predicted molar refractivity (Wildman–Crippen MR) is 82.2 cm³/mol. The van der Waals surface area contributed by atoms with E-state index in [1.165, 1.54) is 12.1 Å². The Hall–Kier alpha value is -1.96. The van der Waals surface area contributed by atoms with Crippen molar-refractivity contribution in [2.24, 2.45) is 11.7 Å². The summed E-state index contributed by atoms with van der Waals surface area (Å²) in [6.45, 7) is 6.16. The van der Waals surface area contributed by atoms with E-state index < -0.39 is 17.9 Å². The first-order valence-electron chi connectivity index (χ1n) is 7.18. The van der Waals surface area contributed by atoms with Gasteiger partial charge in [-0.1, -0.05) is 13.8 Å². The van der Waals surface area contributed by atoms with Crippen LogP contribution in [-0.2, 0) is 0 Å². The third-order valence-corrected chi connectivity index (χ3v) is 3.07. The first kappa shape index (κ1) is 19.1. The molecule has 4 N–H and O–H groups in total. The molecule has 0 spiro atoms. The molecule has 0 aromatic heterocycles. The number of nitrogens with one attached hydrogen (secondary N) is 2. The van der Waals surface area contributed by atoms with Crippen molar-refractivity contribution in [1.82, 2.24) is 5.32 Å². The van der Waals surface area contributed by atoms with Gasteiger partial charge in [-0.25, -0.2) is 4.79 Å². The number of hydrogen-bond donors (Lipinski definition) is 3. The number of anilines is 1. The topological polar surface area (TPSA) is 76.4 Å². The Kier molecular flexibility index (Phi) is 6.26. The van der Waals surface area contributed by atoms with Crippen molar-refractivity contribution in [3.8, 4) is 5.75 Å². The minimum Gasteiger partial charge on any atom is -0.406 e. The van der Waals surface area contributed by atoms with Crippen LogP contribution in [0.4, 0.5) is 23.7 Å². The van der Waals surface area contributed by atoms with E-state index in [4.69, 9.17) is 5.73 Å². The average molecular weight is 333 g/mol. The highest BCUT2D eigenvalue weighted by Gasteiger charge is 2.31. The highest BCUT2D eigenvalue weighted by molar-refractivity contribution is 5.89. The highest BCUT2D eigenvalue weighted by atomic mass is 19.4. The van der Waals surface area contributed by atoms with Gasteiger partial charge in [-0.05, 0) is 43.5 Å². The summed E-state index contributed by atoms with van der Waals surface area (Å²) >= 11 is 0. The zero-order chi connectivity index (χ0) is 17.7. The van der Waals surface area contributed by atoms with Crippen LogP contribution in [0.5, 0.6) is 5.75 Å². The molecule has 0 fully saturated rings. The van der Waals surface area contributed by atoms with Gasteiger partial charge in [0.25, 0.3) is 0 Å². The van der Waals surface area contributed by atoms with Crippen LogP contribution in [0.25, 0.3) is 0 Å². The Balaban J connectivity index is 2.63. The molecule has 1 unspecified atom stereocenters. The van der Waals surface area contributed by atoms with E-state index in [1.54, 1.807) is 0 Å². The molecule has 2 amide bonds. The third-order valence-electron chi connectivity index (χ3n) is 3.07. The van der Waals surface area contributed by atoms with Crippen LogP contribution < -0.4 is 21.1 Å². The summed E-state index contributed by atoms with van der Waals surface area (Å²) < 4.78 is 40.0. The molecule has 0 heterocycles. The number of urea groups is 1. The molecule has 0 aliphatic carbocycles. The van der Waals surface area contributed by atoms with Crippen LogP contribution in [0.3, 0.4) is 0 Å².